The van der Waals surface area contributed by atoms with E-state index in [-0.39, 0.29) is 11.2 Å². The van der Waals surface area contributed by atoms with Crippen LogP contribution in [0.25, 0.3) is 0 Å². The van der Waals surface area contributed by atoms with Crippen LogP contribution in [0.15, 0.2) is 47.1 Å². The lowest BCUT2D eigenvalue weighted by Gasteiger charge is -2.12. The second kappa shape index (κ2) is 7.61. The van der Waals surface area contributed by atoms with Gasteiger partial charge in [-0.3, -0.25) is 4.79 Å². The molecular formula is C16H17BrN2OS. The summed E-state index contributed by atoms with van der Waals surface area (Å²) in [5.74, 6) is 1.40. The van der Waals surface area contributed by atoms with E-state index in [1.54, 1.807) is 18.0 Å². The van der Waals surface area contributed by atoms with E-state index in [1.165, 1.54) is 5.56 Å². The third kappa shape index (κ3) is 5.17. The number of rotatable bonds is 5. The Morgan fingerprint density at radius 2 is 2.05 bits per heavy atom. The van der Waals surface area contributed by atoms with Crippen molar-refractivity contribution in [2.75, 3.05) is 5.32 Å². The van der Waals surface area contributed by atoms with E-state index in [9.17, 15) is 4.79 Å². The van der Waals surface area contributed by atoms with E-state index in [0.29, 0.717) is 5.82 Å². The Morgan fingerprint density at radius 1 is 1.33 bits per heavy atom. The van der Waals surface area contributed by atoms with Gasteiger partial charge in [0.1, 0.15) is 5.82 Å². The Balaban J connectivity index is 1.86. The minimum Gasteiger partial charge on any atom is -0.310 e. The molecule has 1 aromatic heterocycles. The average Bonchev–Trinajstić information content (AvgIpc) is 2.46. The molecule has 0 aliphatic rings. The molecule has 1 amide bonds. The minimum atomic E-state index is -0.129. The monoisotopic (exact) mass is 364 g/mol. The van der Waals surface area contributed by atoms with Gasteiger partial charge in [-0.2, -0.15) is 0 Å². The zero-order chi connectivity index (χ0) is 15.2. The molecule has 0 fully saturated rings. The molecule has 0 radical (unpaired) electrons. The van der Waals surface area contributed by atoms with E-state index in [1.807, 2.05) is 38.1 Å². The van der Waals surface area contributed by atoms with Gasteiger partial charge in [0.15, 0.2) is 0 Å². The molecule has 2 rings (SSSR count). The van der Waals surface area contributed by atoms with Gasteiger partial charge in [0.05, 0.1) is 5.25 Å². The van der Waals surface area contributed by atoms with Gasteiger partial charge in [-0.15, -0.1) is 11.8 Å². The number of pyridine rings is 1. The van der Waals surface area contributed by atoms with Crippen LogP contribution in [0.5, 0.6) is 0 Å². The summed E-state index contributed by atoms with van der Waals surface area (Å²) in [6, 6.07) is 11.9. The normalized spacial score (nSPS) is 12.0. The number of aryl methyl sites for hydroxylation is 1. The van der Waals surface area contributed by atoms with E-state index >= 15 is 0 Å². The lowest BCUT2D eigenvalue weighted by molar-refractivity contribution is -0.115. The van der Waals surface area contributed by atoms with Gasteiger partial charge < -0.3 is 5.32 Å². The number of halogens is 1. The quantitative estimate of drug-likeness (QED) is 0.853. The molecule has 0 unspecified atom stereocenters. The van der Waals surface area contributed by atoms with Crippen molar-refractivity contribution >= 4 is 39.4 Å². The maximum atomic E-state index is 12.1. The van der Waals surface area contributed by atoms with Crippen LogP contribution in [-0.4, -0.2) is 16.1 Å². The molecule has 0 aliphatic carbocycles. The number of thioether (sulfide) groups is 1. The molecule has 2 aromatic rings. The maximum Gasteiger partial charge on any atom is 0.238 e. The van der Waals surface area contributed by atoms with Crippen molar-refractivity contribution in [1.29, 1.82) is 0 Å². The molecule has 1 heterocycles. The van der Waals surface area contributed by atoms with Gasteiger partial charge in [0, 0.05) is 16.4 Å². The standard InChI is InChI=1S/C16H17BrN2OS/c1-11-7-8-18-15(9-11)19-16(20)12(2)21-10-13-3-5-14(17)6-4-13/h3-9,12H,10H2,1-2H3,(H,18,19,20)/t12-/m0/s1. The van der Waals surface area contributed by atoms with Crippen molar-refractivity contribution in [2.24, 2.45) is 0 Å². The van der Waals surface area contributed by atoms with Crippen LogP contribution < -0.4 is 5.32 Å². The lowest BCUT2D eigenvalue weighted by atomic mass is 10.2. The molecule has 0 aliphatic heterocycles. The first-order chi connectivity index (χ1) is 10.0. The Hall–Kier alpha value is -1.33. The van der Waals surface area contributed by atoms with Crippen LogP contribution in [0.3, 0.4) is 0 Å². The van der Waals surface area contributed by atoms with Gasteiger partial charge in [0.25, 0.3) is 0 Å². The molecular weight excluding hydrogens is 348 g/mol. The van der Waals surface area contributed by atoms with Gasteiger partial charge in [-0.1, -0.05) is 28.1 Å². The lowest BCUT2D eigenvalue weighted by Crippen LogP contribution is -2.23. The molecule has 0 bridgehead atoms. The van der Waals surface area contributed by atoms with E-state index < -0.39 is 0 Å². The van der Waals surface area contributed by atoms with Crippen LogP contribution in [0.1, 0.15) is 18.1 Å². The SMILES string of the molecule is Cc1ccnc(NC(=O)[C@H](C)SCc2ccc(Br)cc2)c1. The van der Waals surface area contributed by atoms with Gasteiger partial charge in [-0.05, 0) is 49.2 Å². The summed E-state index contributed by atoms with van der Waals surface area (Å²) in [5.41, 5.74) is 2.28. The molecule has 21 heavy (non-hydrogen) atoms. The highest BCUT2D eigenvalue weighted by Crippen LogP contribution is 2.20. The summed E-state index contributed by atoms with van der Waals surface area (Å²) in [7, 11) is 0. The first-order valence-electron chi connectivity index (χ1n) is 6.64. The van der Waals surface area contributed by atoms with Crippen molar-refractivity contribution in [3.05, 3.63) is 58.2 Å². The number of nitrogens with zero attached hydrogens (tertiary/aromatic N) is 1. The highest BCUT2D eigenvalue weighted by atomic mass is 79.9. The fourth-order valence-corrected chi connectivity index (χ4v) is 2.82. The number of hydrogen-bond donors (Lipinski definition) is 1. The molecule has 5 heteroatoms. The molecule has 0 saturated heterocycles. The Kier molecular flexibility index (Phi) is 5.82. The van der Waals surface area contributed by atoms with Crippen molar-refractivity contribution < 1.29 is 4.79 Å². The van der Waals surface area contributed by atoms with E-state index in [0.717, 1.165) is 15.8 Å². The number of carbonyl (C=O) groups is 1. The average molecular weight is 365 g/mol. The zero-order valence-corrected chi connectivity index (χ0v) is 14.4. The number of benzene rings is 1. The van der Waals surface area contributed by atoms with Crippen LogP contribution in [-0.2, 0) is 10.5 Å². The zero-order valence-electron chi connectivity index (χ0n) is 12.0. The third-order valence-electron chi connectivity index (χ3n) is 2.95. The van der Waals surface area contributed by atoms with E-state index in [4.69, 9.17) is 0 Å². The van der Waals surface area contributed by atoms with Crippen LogP contribution in [0.2, 0.25) is 0 Å². The highest BCUT2D eigenvalue weighted by Gasteiger charge is 2.14. The van der Waals surface area contributed by atoms with Crippen LogP contribution >= 0.6 is 27.7 Å². The second-order valence-electron chi connectivity index (χ2n) is 4.79. The predicted octanol–water partition coefficient (Wildman–Crippen LogP) is 4.41. The predicted molar refractivity (Wildman–Crippen MR) is 92.5 cm³/mol. The Labute approximate surface area is 137 Å². The molecule has 1 atom stereocenters. The topological polar surface area (TPSA) is 42.0 Å². The Bertz CT molecular complexity index is 616. The Morgan fingerprint density at radius 3 is 2.71 bits per heavy atom. The van der Waals surface area contributed by atoms with Crippen molar-refractivity contribution in [3.63, 3.8) is 0 Å². The van der Waals surface area contributed by atoms with E-state index in [2.05, 4.69) is 38.4 Å². The smallest absolute Gasteiger partial charge is 0.238 e. The fraction of sp³-hybridized carbons (Fsp3) is 0.250. The summed E-state index contributed by atoms with van der Waals surface area (Å²) >= 11 is 5.03. The van der Waals surface area contributed by atoms with Crippen LogP contribution in [0, 0.1) is 6.92 Å². The van der Waals surface area contributed by atoms with Gasteiger partial charge in [0.2, 0.25) is 5.91 Å². The van der Waals surface area contributed by atoms with Crippen molar-refractivity contribution in [3.8, 4) is 0 Å². The highest BCUT2D eigenvalue weighted by molar-refractivity contribution is 9.10. The largest absolute Gasteiger partial charge is 0.310 e. The van der Waals surface area contributed by atoms with Gasteiger partial charge >= 0.3 is 0 Å². The van der Waals surface area contributed by atoms with Crippen LogP contribution in [0.4, 0.5) is 5.82 Å². The number of anilines is 1. The number of amides is 1. The summed E-state index contributed by atoms with van der Waals surface area (Å²) in [5, 5.41) is 2.72. The molecule has 110 valence electrons. The summed E-state index contributed by atoms with van der Waals surface area (Å²) in [6.07, 6.45) is 1.70. The van der Waals surface area contributed by atoms with Gasteiger partial charge in [-0.25, -0.2) is 4.98 Å². The molecule has 3 nitrogen and oxygen atoms in total. The first-order valence-corrected chi connectivity index (χ1v) is 8.48. The number of hydrogen-bond acceptors (Lipinski definition) is 3. The maximum absolute atomic E-state index is 12.1. The molecule has 0 saturated carbocycles. The molecule has 0 spiro atoms. The number of nitrogens with one attached hydrogen (secondary N) is 1. The molecule has 1 aromatic carbocycles. The molecule has 1 N–H and O–H groups in total. The van der Waals surface area contributed by atoms with Crippen molar-refractivity contribution in [1.82, 2.24) is 4.98 Å². The second-order valence-corrected chi connectivity index (χ2v) is 7.03. The van der Waals surface area contributed by atoms with Crippen molar-refractivity contribution in [2.45, 2.75) is 24.9 Å². The third-order valence-corrected chi connectivity index (χ3v) is 4.69. The number of aromatic nitrogens is 1. The number of carbonyl (C=O) groups excluding carboxylic acids is 1. The summed E-state index contributed by atoms with van der Waals surface area (Å²) in [4.78, 5) is 16.3. The summed E-state index contributed by atoms with van der Waals surface area (Å²) < 4.78 is 1.06. The fourth-order valence-electron chi connectivity index (χ4n) is 1.71. The minimum absolute atomic E-state index is 0.0183. The summed E-state index contributed by atoms with van der Waals surface area (Å²) in [6.45, 7) is 3.89. The first kappa shape index (κ1) is 16.0.